The molecule has 0 radical (unpaired) electrons. The van der Waals surface area contributed by atoms with Crippen molar-refractivity contribution in [2.24, 2.45) is 5.92 Å². The van der Waals surface area contributed by atoms with E-state index in [-0.39, 0.29) is 5.91 Å². The fourth-order valence-corrected chi connectivity index (χ4v) is 2.42. The van der Waals surface area contributed by atoms with E-state index in [0.717, 1.165) is 17.8 Å². The molecule has 0 fully saturated rings. The number of hydrogen-bond donors (Lipinski definition) is 2. The quantitative estimate of drug-likeness (QED) is 0.789. The minimum Gasteiger partial charge on any atom is -0.326 e. The van der Waals surface area contributed by atoms with Gasteiger partial charge in [0.15, 0.2) is 0 Å². The summed E-state index contributed by atoms with van der Waals surface area (Å²) in [4.78, 5) is 11.2. The topological polar surface area (TPSA) is 41.1 Å². The van der Waals surface area contributed by atoms with Crippen molar-refractivity contribution in [2.75, 3.05) is 5.32 Å². The van der Waals surface area contributed by atoms with Crippen LogP contribution in [0.2, 0.25) is 0 Å². The third-order valence-corrected chi connectivity index (χ3v) is 3.70. The molecule has 3 heteroatoms. The van der Waals surface area contributed by atoms with Crippen LogP contribution in [0.4, 0.5) is 5.69 Å². The number of carbonyl (C=O) groups excluding carboxylic acids is 1. The lowest BCUT2D eigenvalue weighted by molar-refractivity contribution is -0.114. The zero-order chi connectivity index (χ0) is 14.3. The van der Waals surface area contributed by atoms with E-state index in [2.05, 4.69) is 37.5 Å². The molecular formula is C16H26N2O. The Morgan fingerprint density at radius 2 is 1.84 bits per heavy atom. The van der Waals surface area contributed by atoms with Crippen molar-refractivity contribution in [3.8, 4) is 0 Å². The molecule has 1 aromatic rings. The van der Waals surface area contributed by atoms with Gasteiger partial charge in [0.25, 0.3) is 0 Å². The van der Waals surface area contributed by atoms with Gasteiger partial charge in [0.1, 0.15) is 0 Å². The Balaban J connectivity index is 2.64. The van der Waals surface area contributed by atoms with Crippen LogP contribution in [0.15, 0.2) is 24.3 Å². The van der Waals surface area contributed by atoms with Crippen LogP contribution in [0.5, 0.6) is 0 Å². The monoisotopic (exact) mass is 262 g/mol. The summed E-state index contributed by atoms with van der Waals surface area (Å²) in [5, 5.41) is 6.44. The number of nitrogens with one attached hydrogen (secondary N) is 2. The lowest BCUT2D eigenvalue weighted by Gasteiger charge is -2.23. The van der Waals surface area contributed by atoms with Crippen molar-refractivity contribution in [3.05, 3.63) is 29.8 Å². The second-order valence-electron chi connectivity index (χ2n) is 5.08. The summed E-state index contributed by atoms with van der Waals surface area (Å²) in [6.07, 6.45) is 2.38. The summed E-state index contributed by atoms with van der Waals surface area (Å²) in [5.41, 5.74) is 2.04. The minimum atomic E-state index is -0.0273. The normalized spacial score (nSPS) is 12.5. The SMILES string of the molecule is CCC(CC)C(C)NCc1ccccc1NC(C)=O. The standard InChI is InChI=1S/C16H26N2O/c1-5-14(6-2)12(3)17-11-15-9-7-8-10-16(15)18-13(4)19/h7-10,12,14,17H,5-6,11H2,1-4H3,(H,18,19). The van der Waals surface area contributed by atoms with Crippen LogP contribution in [-0.2, 0) is 11.3 Å². The van der Waals surface area contributed by atoms with Crippen molar-refractivity contribution in [1.29, 1.82) is 0 Å². The highest BCUT2D eigenvalue weighted by Gasteiger charge is 2.13. The molecule has 0 aliphatic rings. The molecule has 0 saturated carbocycles. The molecule has 19 heavy (non-hydrogen) atoms. The van der Waals surface area contributed by atoms with Crippen molar-refractivity contribution >= 4 is 11.6 Å². The summed E-state index contributed by atoms with van der Waals surface area (Å²) < 4.78 is 0. The summed E-state index contributed by atoms with van der Waals surface area (Å²) >= 11 is 0. The van der Waals surface area contributed by atoms with E-state index in [1.165, 1.54) is 19.8 Å². The summed E-state index contributed by atoms with van der Waals surface area (Å²) in [7, 11) is 0. The Bertz CT molecular complexity index is 399. The number of benzene rings is 1. The predicted octanol–water partition coefficient (Wildman–Crippen LogP) is 3.56. The van der Waals surface area contributed by atoms with Crippen molar-refractivity contribution in [3.63, 3.8) is 0 Å². The summed E-state index contributed by atoms with van der Waals surface area (Å²) in [6.45, 7) is 9.03. The molecule has 1 atom stereocenters. The minimum absolute atomic E-state index is 0.0273. The van der Waals surface area contributed by atoms with Crippen LogP contribution < -0.4 is 10.6 Å². The van der Waals surface area contributed by atoms with Crippen LogP contribution in [0, 0.1) is 5.92 Å². The average Bonchev–Trinajstić information content (AvgIpc) is 2.38. The van der Waals surface area contributed by atoms with E-state index >= 15 is 0 Å². The van der Waals surface area contributed by atoms with Gasteiger partial charge in [-0.2, -0.15) is 0 Å². The zero-order valence-corrected chi connectivity index (χ0v) is 12.5. The molecule has 1 aromatic carbocycles. The highest BCUT2D eigenvalue weighted by atomic mass is 16.1. The highest BCUT2D eigenvalue weighted by molar-refractivity contribution is 5.89. The van der Waals surface area contributed by atoms with Crippen molar-refractivity contribution in [2.45, 2.75) is 53.1 Å². The number of carbonyl (C=O) groups is 1. The first-order valence-electron chi connectivity index (χ1n) is 7.17. The smallest absolute Gasteiger partial charge is 0.221 e. The molecule has 0 spiro atoms. The van der Waals surface area contributed by atoms with E-state index in [9.17, 15) is 4.79 Å². The van der Waals surface area contributed by atoms with Gasteiger partial charge in [-0.25, -0.2) is 0 Å². The van der Waals surface area contributed by atoms with Crippen LogP contribution >= 0.6 is 0 Å². The van der Waals surface area contributed by atoms with Gasteiger partial charge in [0.05, 0.1) is 0 Å². The maximum Gasteiger partial charge on any atom is 0.221 e. The molecule has 1 rings (SSSR count). The summed E-state index contributed by atoms with van der Waals surface area (Å²) in [6, 6.07) is 8.43. The number of hydrogen-bond acceptors (Lipinski definition) is 2. The molecule has 1 unspecified atom stereocenters. The van der Waals surface area contributed by atoms with Gasteiger partial charge < -0.3 is 10.6 Å². The second-order valence-corrected chi connectivity index (χ2v) is 5.08. The van der Waals surface area contributed by atoms with E-state index in [1.807, 2.05) is 18.2 Å². The lowest BCUT2D eigenvalue weighted by Crippen LogP contribution is -2.32. The van der Waals surface area contributed by atoms with Crippen LogP contribution in [0.25, 0.3) is 0 Å². The average molecular weight is 262 g/mol. The molecule has 0 saturated heterocycles. The lowest BCUT2D eigenvalue weighted by atomic mass is 9.95. The van der Waals surface area contributed by atoms with Gasteiger partial charge >= 0.3 is 0 Å². The largest absolute Gasteiger partial charge is 0.326 e. The fraction of sp³-hybridized carbons (Fsp3) is 0.562. The van der Waals surface area contributed by atoms with E-state index in [4.69, 9.17) is 0 Å². The number of para-hydroxylation sites is 1. The van der Waals surface area contributed by atoms with Crippen molar-refractivity contribution in [1.82, 2.24) is 5.32 Å². The first kappa shape index (κ1) is 15.7. The molecule has 0 bridgehead atoms. The predicted molar refractivity (Wildman–Crippen MR) is 81.1 cm³/mol. The number of rotatable bonds is 7. The summed E-state index contributed by atoms with van der Waals surface area (Å²) in [5.74, 6) is 0.674. The molecule has 106 valence electrons. The first-order chi connectivity index (χ1) is 9.08. The second kappa shape index (κ2) is 7.95. The molecule has 2 N–H and O–H groups in total. The van der Waals surface area contributed by atoms with Gasteiger partial charge in [-0.3, -0.25) is 4.79 Å². The third kappa shape index (κ3) is 5.03. The van der Waals surface area contributed by atoms with Gasteiger partial charge in [0, 0.05) is 25.2 Å². The van der Waals surface area contributed by atoms with E-state index < -0.39 is 0 Å². The Kier molecular flexibility index (Phi) is 6.57. The maximum atomic E-state index is 11.2. The van der Waals surface area contributed by atoms with E-state index in [1.54, 1.807) is 0 Å². The Morgan fingerprint density at radius 1 is 1.21 bits per heavy atom. The molecule has 3 nitrogen and oxygen atoms in total. The molecule has 0 aromatic heterocycles. The Morgan fingerprint density at radius 3 is 2.42 bits per heavy atom. The Labute approximate surface area is 116 Å². The maximum absolute atomic E-state index is 11.2. The third-order valence-electron chi connectivity index (χ3n) is 3.70. The molecule has 0 heterocycles. The molecule has 0 aliphatic carbocycles. The number of amides is 1. The molecular weight excluding hydrogens is 236 g/mol. The van der Waals surface area contributed by atoms with Gasteiger partial charge in [-0.1, -0.05) is 44.9 Å². The van der Waals surface area contributed by atoms with E-state index in [0.29, 0.717) is 12.0 Å². The van der Waals surface area contributed by atoms with Crippen LogP contribution in [0.3, 0.4) is 0 Å². The molecule has 0 aliphatic heterocycles. The highest BCUT2D eigenvalue weighted by Crippen LogP contribution is 2.17. The van der Waals surface area contributed by atoms with Gasteiger partial charge in [-0.05, 0) is 24.5 Å². The van der Waals surface area contributed by atoms with Gasteiger partial charge in [-0.15, -0.1) is 0 Å². The van der Waals surface area contributed by atoms with Crippen LogP contribution in [0.1, 0.15) is 46.1 Å². The van der Waals surface area contributed by atoms with Gasteiger partial charge in [0.2, 0.25) is 5.91 Å². The molecule has 1 amide bonds. The van der Waals surface area contributed by atoms with Crippen LogP contribution in [-0.4, -0.2) is 11.9 Å². The zero-order valence-electron chi connectivity index (χ0n) is 12.5. The fourth-order valence-electron chi connectivity index (χ4n) is 2.42. The Hall–Kier alpha value is -1.35. The first-order valence-corrected chi connectivity index (χ1v) is 7.17. The number of anilines is 1. The van der Waals surface area contributed by atoms with Crippen molar-refractivity contribution < 1.29 is 4.79 Å².